The molecule has 0 aliphatic rings. The van der Waals surface area contributed by atoms with Crippen LogP contribution in [0.15, 0.2) is 0 Å². The van der Waals surface area contributed by atoms with E-state index in [0.29, 0.717) is 0 Å². The zero-order chi connectivity index (χ0) is 12.5. The molecule has 0 fully saturated rings. The fraction of sp³-hybridized carbons (Fsp3) is 0. The molecule has 0 atom stereocenters. The molecule has 0 heterocycles. The highest BCUT2D eigenvalue weighted by molar-refractivity contribution is 5.69. The largest absolute Gasteiger partial charge is 0.427 e. The lowest BCUT2D eigenvalue weighted by Crippen LogP contribution is -2.33. The Labute approximate surface area is 84.8 Å². The van der Waals surface area contributed by atoms with Crippen LogP contribution in [0.3, 0.4) is 0 Å². The van der Waals surface area contributed by atoms with Gasteiger partial charge in [0.15, 0.2) is 0 Å². The van der Waals surface area contributed by atoms with Crippen LogP contribution in [0.25, 0.3) is 0 Å². The van der Waals surface area contributed by atoms with Crippen LogP contribution in [-0.2, 0) is 0 Å². The highest BCUT2D eigenvalue weighted by Gasteiger charge is 2.28. The van der Waals surface area contributed by atoms with E-state index in [4.69, 9.17) is 0 Å². The zero-order valence-corrected chi connectivity index (χ0v) is 7.28. The number of rotatable bonds is 1. The fourth-order valence-corrected chi connectivity index (χ4v) is 0.797. The third-order valence-electron chi connectivity index (χ3n) is 1.48. The van der Waals surface area contributed by atoms with Gasteiger partial charge in [-0.15, -0.1) is 0 Å². The third-order valence-corrected chi connectivity index (χ3v) is 1.48. The van der Waals surface area contributed by atoms with E-state index < -0.39 is 40.9 Å². The van der Waals surface area contributed by atoms with Crippen LogP contribution in [0.4, 0.5) is 26.7 Å². The molecule has 88 valence electrons. The maximum atomic E-state index is 12.8. The molecule has 0 aliphatic heterocycles. The van der Waals surface area contributed by atoms with Crippen molar-refractivity contribution in [3.05, 3.63) is 29.1 Å². The van der Waals surface area contributed by atoms with Gasteiger partial charge in [-0.3, -0.25) is 5.43 Å². The quantitative estimate of drug-likeness (QED) is 0.195. The van der Waals surface area contributed by atoms with Crippen molar-refractivity contribution in [3.63, 3.8) is 0 Å². The van der Waals surface area contributed by atoms with Gasteiger partial charge in [0.2, 0.25) is 34.8 Å². The molecule has 1 amide bonds. The Bertz CT molecular complexity index is 422. The average Bonchev–Trinajstić information content (AvgIpc) is 2.29. The van der Waals surface area contributed by atoms with E-state index in [9.17, 15) is 26.7 Å². The first-order valence-electron chi connectivity index (χ1n) is 3.60. The molecule has 9 heteroatoms. The number of nitrogens with one attached hydrogen (secondary N) is 1. The number of ether oxygens (including phenoxy) is 1. The Morgan fingerprint density at radius 2 is 1.31 bits per heavy atom. The maximum absolute atomic E-state index is 12.8. The second-order valence-electron chi connectivity index (χ2n) is 2.43. The number of hydrazine groups is 1. The van der Waals surface area contributed by atoms with E-state index in [1.165, 1.54) is 5.43 Å². The molecule has 0 saturated heterocycles. The van der Waals surface area contributed by atoms with E-state index in [0.717, 1.165) is 0 Å². The van der Waals surface area contributed by atoms with Crippen LogP contribution in [0.1, 0.15) is 0 Å². The minimum atomic E-state index is -2.35. The first-order valence-corrected chi connectivity index (χ1v) is 3.60. The molecule has 0 saturated carbocycles. The molecule has 0 radical (unpaired) electrons. The van der Waals surface area contributed by atoms with Gasteiger partial charge < -0.3 is 4.74 Å². The van der Waals surface area contributed by atoms with Crippen LogP contribution in [0.5, 0.6) is 5.75 Å². The summed E-state index contributed by atoms with van der Waals surface area (Å²) < 4.78 is 67.0. The van der Waals surface area contributed by atoms with E-state index in [-0.39, 0.29) is 0 Å². The molecule has 0 bridgehead atoms. The van der Waals surface area contributed by atoms with Crippen LogP contribution >= 0.6 is 0 Å². The number of hydrogen-bond donors (Lipinski definition) is 2. The average molecular weight is 242 g/mol. The van der Waals surface area contributed by atoms with Gasteiger partial charge in [-0.1, -0.05) is 0 Å². The molecule has 0 aromatic heterocycles. The predicted octanol–water partition coefficient (Wildman–Crippen LogP) is 1.34. The van der Waals surface area contributed by atoms with Crippen molar-refractivity contribution in [2.24, 2.45) is 5.84 Å². The molecule has 0 unspecified atom stereocenters. The SMILES string of the molecule is NNC(=O)Oc1c(F)c(F)c(F)c(F)c1F. The molecule has 0 spiro atoms. The number of nitrogens with two attached hydrogens (primary N) is 1. The number of carbonyl (C=O) groups is 1. The number of hydrogen-bond acceptors (Lipinski definition) is 3. The Morgan fingerprint density at radius 1 is 0.938 bits per heavy atom. The van der Waals surface area contributed by atoms with E-state index >= 15 is 0 Å². The van der Waals surface area contributed by atoms with Gasteiger partial charge in [0.1, 0.15) is 0 Å². The van der Waals surface area contributed by atoms with E-state index in [1.54, 1.807) is 0 Å². The van der Waals surface area contributed by atoms with Crippen LogP contribution < -0.4 is 16.0 Å². The van der Waals surface area contributed by atoms with Crippen LogP contribution in [0.2, 0.25) is 0 Å². The Balaban J connectivity index is 3.34. The van der Waals surface area contributed by atoms with Gasteiger partial charge in [0.25, 0.3) is 0 Å². The van der Waals surface area contributed by atoms with Crippen molar-refractivity contribution >= 4 is 6.09 Å². The molecule has 16 heavy (non-hydrogen) atoms. The van der Waals surface area contributed by atoms with Gasteiger partial charge in [0, 0.05) is 0 Å². The van der Waals surface area contributed by atoms with Gasteiger partial charge in [-0.25, -0.2) is 23.8 Å². The smallest absolute Gasteiger partial charge is 0.403 e. The molecule has 3 N–H and O–H groups in total. The summed E-state index contributed by atoms with van der Waals surface area (Å²) in [6.07, 6.45) is -1.58. The maximum Gasteiger partial charge on any atom is 0.427 e. The second kappa shape index (κ2) is 4.31. The number of benzene rings is 1. The summed E-state index contributed by atoms with van der Waals surface area (Å²) in [5.74, 6) is -8.55. The first kappa shape index (κ1) is 12.2. The summed E-state index contributed by atoms with van der Waals surface area (Å²) >= 11 is 0. The summed E-state index contributed by atoms with van der Waals surface area (Å²) in [5.41, 5.74) is 1.29. The van der Waals surface area contributed by atoms with Crippen molar-refractivity contribution in [1.82, 2.24) is 5.43 Å². The summed E-state index contributed by atoms with van der Waals surface area (Å²) in [6.45, 7) is 0. The van der Waals surface area contributed by atoms with Gasteiger partial charge in [-0.2, -0.15) is 8.78 Å². The van der Waals surface area contributed by atoms with Crippen LogP contribution in [-0.4, -0.2) is 6.09 Å². The third kappa shape index (κ3) is 1.89. The number of carbonyl (C=O) groups excluding carboxylic acids is 1. The molecular formula is C7H3F5N2O2. The summed E-state index contributed by atoms with van der Waals surface area (Å²) in [4.78, 5) is 10.5. The summed E-state index contributed by atoms with van der Waals surface area (Å²) in [6, 6.07) is 0. The van der Waals surface area contributed by atoms with Crippen LogP contribution in [0, 0.1) is 29.1 Å². The van der Waals surface area contributed by atoms with Gasteiger partial charge in [0.05, 0.1) is 0 Å². The molecule has 1 aromatic carbocycles. The Hall–Kier alpha value is -1.90. The highest BCUT2D eigenvalue weighted by atomic mass is 19.2. The fourth-order valence-electron chi connectivity index (χ4n) is 0.797. The molecule has 0 aliphatic carbocycles. The number of amides is 1. The normalized spacial score (nSPS) is 10.1. The molecule has 1 aromatic rings. The van der Waals surface area contributed by atoms with Crippen molar-refractivity contribution in [2.75, 3.05) is 0 Å². The van der Waals surface area contributed by atoms with Gasteiger partial charge in [-0.05, 0) is 0 Å². The van der Waals surface area contributed by atoms with Crippen molar-refractivity contribution in [1.29, 1.82) is 0 Å². The van der Waals surface area contributed by atoms with Gasteiger partial charge >= 0.3 is 6.09 Å². The minimum absolute atomic E-state index is 1.29. The first-order chi connectivity index (χ1) is 7.40. The lowest BCUT2D eigenvalue weighted by atomic mass is 10.3. The molecule has 1 rings (SSSR count). The predicted molar refractivity (Wildman–Crippen MR) is 39.6 cm³/mol. The zero-order valence-electron chi connectivity index (χ0n) is 7.28. The van der Waals surface area contributed by atoms with E-state index in [2.05, 4.69) is 10.6 Å². The summed E-state index contributed by atoms with van der Waals surface area (Å²) in [7, 11) is 0. The molecule has 4 nitrogen and oxygen atoms in total. The number of halogens is 5. The second-order valence-corrected chi connectivity index (χ2v) is 2.43. The topological polar surface area (TPSA) is 64.3 Å². The molecular weight excluding hydrogens is 239 g/mol. The minimum Gasteiger partial charge on any atom is -0.403 e. The Morgan fingerprint density at radius 3 is 1.69 bits per heavy atom. The van der Waals surface area contributed by atoms with E-state index in [1.807, 2.05) is 0 Å². The van der Waals surface area contributed by atoms with Crippen molar-refractivity contribution in [2.45, 2.75) is 0 Å². The highest BCUT2D eigenvalue weighted by Crippen LogP contribution is 2.28. The summed E-state index contributed by atoms with van der Waals surface area (Å²) in [5, 5.41) is 0. The Kier molecular flexibility index (Phi) is 3.28. The standard InChI is InChI=1S/C7H3F5N2O2/c8-1-2(9)4(11)6(5(12)3(1)10)16-7(15)14-13/h13H2,(H,14,15). The lowest BCUT2D eigenvalue weighted by molar-refractivity contribution is 0.193. The lowest BCUT2D eigenvalue weighted by Gasteiger charge is -2.07. The monoisotopic (exact) mass is 242 g/mol. The van der Waals surface area contributed by atoms with Crippen molar-refractivity contribution < 1.29 is 31.5 Å². The van der Waals surface area contributed by atoms with Crippen molar-refractivity contribution in [3.8, 4) is 5.75 Å².